The highest BCUT2D eigenvalue weighted by Crippen LogP contribution is 2.62. The van der Waals surface area contributed by atoms with Gasteiger partial charge in [-0.3, -0.25) is 9.59 Å². The summed E-state index contributed by atoms with van der Waals surface area (Å²) < 4.78 is 31.7. The molecule has 3 aromatic rings. The number of benzene rings is 3. The third-order valence-electron chi connectivity index (χ3n) is 7.97. The summed E-state index contributed by atoms with van der Waals surface area (Å²) in [5.41, 5.74) is 3.40. The molecule has 5 rings (SSSR count). The largest absolute Gasteiger partial charge is 0.490 e. The summed E-state index contributed by atoms with van der Waals surface area (Å²) in [6.07, 6.45) is -5.08. The first-order chi connectivity index (χ1) is 18.7. The van der Waals surface area contributed by atoms with Gasteiger partial charge < -0.3 is 21.1 Å². The number of aliphatic carboxylic acids is 1. The first kappa shape index (κ1) is 29.1. The molecule has 1 aliphatic carbocycles. The first-order valence-corrected chi connectivity index (χ1v) is 13.0. The van der Waals surface area contributed by atoms with Gasteiger partial charge in [0.05, 0.1) is 12.1 Å². The zero-order chi connectivity index (χ0) is 29.4. The minimum Gasteiger partial charge on any atom is -0.475 e. The predicted octanol–water partition coefficient (Wildman–Crippen LogP) is 5.46. The summed E-state index contributed by atoms with van der Waals surface area (Å²) in [6.45, 7) is 9.27. The summed E-state index contributed by atoms with van der Waals surface area (Å²) in [4.78, 5) is 35.0. The van der Waals surface area contributed by atoms with Crippen molar-refractivity contribution in [2.75, 3.05) is 11.9 Å². The number of alkyl halides is 3. The lowest BCUT2D eigenvalue weighted by atomic mass is 9.99. The van der Waals surface area contributed by atoms with Crippen LogP contribution in [0.15, 0.2) is 60.7 Å². The number of carbonyl (C=O) groups is 3. The molecule has 1 heterocycles. The lowest BCUT2D eigenvalue weighted by Gasteiger charge is -2.20. The van der Waals surface area contributed by atoms with Gasteiger partial charge in [0.2, 0.25) is 5.91 Å². The summed E-state index contributed by atoms with van der Waals surface area (Å²) in [6, 6.07) is 19.5. The van der Waals surface area contributed by atoms with Crippen molar-refractivity contribution in [1.82, 2.24) is 10.6 Å². The Morgan fingerprint density at radius 1 is 1.05 bits per heavy atom. The fourth-order valence-corrected chi connectivity index (χ4v) is 5.62. The molecule has 0 bridgehead atoms. The fourth-order valence-electron chi connectivity index (χ4n) is 5.62. The van der Waals surface area contributed by atoms with Crippen molar-refractivity contribution in [2.45, 2.75) is 46.0 Å². The molecular weight excluding hydrogens is 523 g/mol. The Morgan fingerprint density at radius 3 is 2.33 bits per heavy atom. The van der Waals surface area contributed by atoms with Crippen LogP contribution in [0.4, 0.5) is 18.9 Å². The first-order valence-electron chi connectivity index (χ1n) is 13.0. The molecular formula is C30H32F3N3O4. The number of hydrogen-bond acceptors (Lipinski definition) is 4. The number of halogens is 3. The van der Waals surface area contributed by atoms with E-state index >= 15 is 0 Å². The van der Waals surface area contributed by atoms with E-state index < -0.39 is 12.1 Å². The van der Waals surface area contributed by atoms with E-state index in [-0.39, 0.29) is 29.3 Å². The van der Waals surface area contributed by atoms with Gasteiger partial charge >= 0.3 is 12.1 Å². The van der Waals surface area contributed by atoms with Gasteiger partial charge in [0.25, 0.3) is 5.91 Å². The van der Waals surface area contributed by atoms with Crippen LogP contribution in [-0.4, -0.2) is 41.7 Å². The maximum absolute atomic E-state index is 13.2. The number of hydrogen-bond donors (Lipinski definition) is 4. The molecule has 1 saturated heterocycles. The Balaban J connectivity index is 0.000000470. The number of aryl methyl sites for hydroxylation is 1. The van der Waals surface area contributed by atoms with Crippen LogP contribution in [0.3, 0.4) is 0 Å². The van der Waals surface area contributed by atoms with Crippen LogP contribution in [0.2, 0.25) is 0 Å². The number of carboxylic acid groups (broad SMARTS) is 1. The molecule has 0 spiro atoms. The van der Waals surface area contributed by atoms with E-state index in [9.17, 15) is 22.8 Å². The van der Waals surface area contributed by atoms with Crippen LogP contribution >= 0.6 is 0 Å². The van der Waals surface area contributed by atoms with Crippen LogP contribution < -0.4 is 16.0 Å². The van der Waals surface area contributed by atoms with Gasteiger partial charge in [-0.05, 0) is 71.7 Å². The quantitative estimate of drug-likeness (QED) is 0.335. The van der Waals surface area contributed by atoms with Crippen LogP contribution in [0, 0.1) is 24.2 Å². The summed E-state index contributed by atoms with van der Waals surface area (Å²) in [5, 5.41) is 18.9. The lowest BCUT2D eigenvalue weighted by molar-refractivity contribution is -0.192. The van der Waals surface area contributed by atoms with Crippen molar-refractivity contribution < 1.29 is 32.7 Å². The van der Waals surface area contributed by atoms with Gasteiger partial charge in [0, 0.05) is 11.3 Å². The predicted molar refractivity (Wildman–Crippen MR) is 146 cm³/mol. The Hall–Kier alpha value is -3.92. The number of rotatable bonds is 5. The average Bonchev–Trinajstić information content (AvgIpc) is 3.21. The summed E-state index contributed by atoms with van der Waals surface area (Å²) >= 11 is 0. The highest BCUT2D eigenvalue weighted by atomic mass is 19.4. The van der Waals surface area contributed by atoms with E-state index in [0.717, 1.165) is 28.4 Å². The zero-order valence-electron chi connectivity index (χ0n) is 22.6. The number of carbonyl (C=O) groups excluding carboxylic acids is 2. The molecule has 1 saturated carbocycles. The van der Waals surface area contributed by atoms with Gasteiger partial charge in [0.1, 0.15) is 0 Å². The zero-order valence-corrected chi connectivity index (χ0v) is 22.6. The van der Waals surface area contributed by atoms with Gasteiger partial charge in [-0.25, -0.2) is 4.79 Å². The normalized spacial score (nSPS) is 21.4. The van der Waals surface area contributed by atoms with E-state index in [1.807, 2.05) is 44.2 Å². The van der Waals surface area contributed by atoms with Crippen LogP contribution in [0.25, 0.3) is 10.8 Å². The number of carboxylic acids is 1. The van der Waals surface area contributed by atoms with Gasteiger partial charge in [-0.15, -0.1) is 0 Å². The van der Waals surface area contributed by atoms with Crippen molar-refractivity contribution in [3.8, 4) is 0 Å². The second kappa shape index (κ2) is 10.9. The standard InChI is InChI=1S/C28H31N3O2.C2HF3O2/c1-16-12-13-19(31-27(33)25-24-23(15-29-25)28(24,3)4)14-22(16)26(32)30-17(2)20-11-7-9-18-8-5-6-10-21(18)20;3-2(4,5)1(6)7/h5-14,17,23-25,29H,15H2,1-4H3,(H,30,32)(H,31,33);(H,6,7)/t17-,23+,24+,25+;/m1./s1. The second-order valence-corrected chi connectivity index (χ2v) is 10.9. The molecule has 3 aromatic carbocycles. The van der Waals surface area contributed by atoms with E-state index in [4.69, 9.17) is 9.90 Å². The Kier molecular flexibility index (Phi) is 7.94. The molecule has 0 aromatic heterocycles. The molecule has 1 aliphatic heterocycles. The topological polar surface area (TPSA) is 108 Å². The molecule has 2 fully saturated rings. The molecule has 2 aliphatic rings. The van der Waals surface area contributed by atoms with E-state index in [0.29, 0.717) is 23.1 Å². The monoisotopic (exact) mass is 555 g/mol. The third-order valence-corrected chi connectivity index (χ3v) is 7.97. The number of nitrogens with one attached hydrogen (secondary N) is 3. The molecule has 40 heavy (non-hydrogen) atoms. The maximum Gasteiger partial charge on any atom is 0.490 e. The highest BCUT2D eigenvalue weighted by molar-refractivity contribution is 6.00. The number of piperidine rings is 1. The summed E-state index contributed by atoms with van der Waals surface area (Å²) in [5.74, 6) is -1.97. The molecule has 0 radical (unpaired) electrons. The molecule has 7 nitrogen and oxygen atoms in total. The Bertz CT molecular complexity index is 1450. The highest BCUT2D eigenvalue weighted by Gasteiger charge is 2.65. The van der Waals surface area contributed by atoms with E-state index in [1.165, 1.54) is 0 Å². The van der Waals surface area contributed by atoms with Crippen molar-refractivity contribution >= 4 is 34.2 Å². The van der Waals surface area contributed by atoms with Crippen molar-refractivity contribution in [3.05, 3.63) is 77.4 Å². The average molecular weight is 556 g/mol. The van der Waals surface area contributed by atoms with Gasteiger partial charge in [-0.1, -0.05) is 62.4 Å². The molecule has 212 valence electrons. The van der Waals surface area contributed by atoms with Gasteiger partial charge in [-0.2, -0.15) is 13.2 Å². The third kappa shape index (κ3) is 5.96. The van der Waals surface area contributed by atoms with E-state index in [1.54, 1.807) is 6.07 Å². The van der Waals surface area contributed by atoms with Crippen LogP contribution in [0.1, 0.15) is 48.3 Å². The van der Waals surface area contributed by atoms with Crippen LogP contribution in [0.5, 0.6) is 0 Å². The number of anilines is 1. The SMILES string of the molecule is Cc1ccc(NC(=O)[C@H]2NC[C@H]3[C@@H]2C3(C)C)cc1C(=O)N[C@H](C)c1cccc2ccccc12.O=C(O)C(F)(F)F. The van der Waals surface area contributed by atoms with Crippen LogP contribution in [-0.2, 0) is 9.59 Å². The molecule has 2 amide bonds. The number of amides is 2. The maximum atomic E-state index is 13.2. The van der Waals surface area contributed by atoms with E-state index in [2.05, 4.69) is 54.1 Å². The minimum atomic E-state index is -5.08. The minimum absolute atomic E-state index is 0.0209. The Morgan fingerprint density at radius 2 is 1.70 bits per heavy atom. The fraction of sp³-hybridized carbons (Fsp3) is 0.367. The number of fused-ring (bicyclic) bond motifs is 2. The molecule has 0 unspecified atom stereocenters. The summed E-state index contributed by atoms with van der Waals surface area (Å²) in [7, 11) is 0. The van der Waals surface area contributed by atoms with Crippen molar-refractivity contribution in [2.24, 2.45) is 17.3 Å². The van der Waals surface area contributed by atoms with Gasteiger partial charge in [0.15, 0.2) is 0 Å². The van der Waals surface area contributed by atoms with Crippen molar-refractivity contribution in [1.29, 1.82) is 0 Å². The second-order valence-electron chi connectivity index (χ2n) is 10.9. The lowest BCUT2D eigenvalue weighted by Crippen LogP contribution is -2.41. The van der Waals surface area contributed by atoms with Crippen molar-refractivity contribution in [3.63, 3.8) is 0 Å². The molecule has 4 N–H and O–H groups in total. The Labute approximate surface area is 230 Å². The molecule has 10 heteroatoms. The molecule has 4 atom stereocenters. The smallest absolute Gasteiger partial charge is 0.475 e.